The third-order valence-electron chi connectivity index (χ3n) is 2.02. The first-order valence-corrected chi connectivity index (χ1v) is 6.45. The molecule has 2 amide bonds. The van der Waals surface area contributed by atoms with Crippen LogP contribution in [0.3, 0.4) is 0 Å². The lowest BCUT2D eigenvalue weighted by atomic mass is 10.2. The summed E-state index contributed by atoms with van der Waals surface area (Å²) in [5.74, 6) is -1.36. The molecule has 17 heavy (non-hydrogen) atoms. The molecule has 1 fully saturated rings. The lowest BCUT2D eigenvalue weighted by Gasteiger charge is -2.25. The SMILES string of the molecule is CC.CNC(=O)CC1SCC(C(=O)O)NC1=O. The first-order chi connectivity index (χ1) is 8.04. The Morgan fingerprint density at radius 2 is 2.12 bits per heavy atom. The van der Waals surface area contributed by atoms with Gasteiger partial charge >= 0.3 is 5.97 Å². The van der Waals surface area contributed by atoms with Crippen molar-refractivity contribution < 1.29 is 19.5 Å². The van der Waals surface area contributed by atoms with Crippen LogP contribution in [0.5, 0.6) is 0 Å². The van der Waals surface area contributed by atoms with Crippen LogP contribution in [-0.4, -0.2) is 47.0 Å². The molecule has 0 bridgehead atoms. The third-order valence-corrected chi connectivity index (χ3v) is 3.33. The maximum Gasteiger partial charge on any atom is 0.327 e. The van der Waals surface area contributed by atoms with E-state index in [4.69, 9.17) is 5.11 Å². The van der Waals surface area contributed by atoms with E-state index < -0.39 is 17.3 Å². The van der Waals surface area contributed by atoms with Gasteiger partial charge in [-0.15, -0.1) is 11.8 Å². The van der Waals surface area contributed by atoms with Crippen LogP contribution in [0.1, 0.15) is 20.3 Å². The molecule has 3 N–H and O–H groups in total. The van der Waals surface area contributed by atoms with Crippen molar-refractivity contribution in [2.24, 2.45) is 0 Å². The molecule has 0 aromatic heterocycles. The maximum absolute atomic E-state index is 11.4. The zero-order chi connectivity index (χ0) is 13.4. The predicted molar refractivity (Wildman–Crippen MR) is 65.8 cm³/mol. The fourth-order valence-corrected chi connectivity index (χ4v) is 2.29. The van der Waals surface area contributed by atoms with Crippen LogP contribution in [0.4, 0.5) is 0 Å². The number of aliphatic carboxylic acids is 1. The number of thioether (sulfide) groups is 1. The molecule has 1 aliphatic heterocycles. The van der Waals surface area contributed by atoms with Gasteiger partial charge in [-0.1, -0.05) is 13.8 Å². The Labute approximate surface area is 105 Å². The summed E-state index contributed by atoms with van der Waals surface area (Å²) in [6.45, 7) is 4.00. The lowest BCUT2D eigenvalue weighted by Crippen LogP contribution is -2.51. The van der Waals surface area contributed by atoms with Crippen molar-refractivity contribution in [3.8, 4) is 0 Å². The smallest absolute Gasteiger partial charge is 0.327 e. The molecule has 1 aliphatic rings. The number of amides is 2. The second kappa shape index (κ2) is 7.94. The van der Waals surface area contributed by atoms with Gasteiger partial charge in [0.05, 0.1) is 5.25 Å². The summed E-state index contributed by atoms with van der Waals surface area (Å²) in [7, 11) is 1.49. The Morgan fingerprint density at radius 3 is 2.53 bits per heavy atom. The molecular formula is C10H18N2O4S. The van der Waals surface area contributed by atoms with E-state index in [1.807, 2.05) is 13.8 Å². The Hall–Kier alpha value is -1.24. The number of nitrogens with one attached hydrogen (secondary N) is 2. The first-order valence-electron chi connectivity index (χ1n) is 5.40. The minimum Gasteiger partial charge on any atom is -0.480 e. The molecule has 7 heteroatoms. The predicted octanol–water partition coefficient (Wildman–Crippen LogP) is -0.166. The second-order valence-corrected chi connectivity index (χ2v) is 4.33. The fraction of sp³-hybridized carbons (Fsp3) is 0.700. The van der Waals surface area contributed by atoms with E-state index in [1.54, 1.807) is 0 Å². The number of carbonyl (C=O) groups excluding carboxylic acids is 2. The monoisotopic (exact) mass is 262 g/mol. The van der Waals surface area contributed by atoms with E-state index in [9.17, 15) is 14.4 Å². The number of hydrogen-bond donors (Lipinski definition) is 3. The highest BCUT2D eigenvalue weighted by atomic mass is 32.2. The van der Waals surface area contributed by atoms with E-state index in [-0.39, 0.29) is 18.2 Å². The third kappa shape index (κ3) is 5.08. The summed E-state index contributed by atoms with van der Waals surface area (Å²) in [5.41, 5.74) is 0. The van der Waals surface area contributed by atoms with Crippen LogP contribution < -0.4 is 10.6 Å². The highest BCUT2D eigenvalue weighted by Crippen LogP contribution is 2.20. The normalized spacial score (nSPS) is 22.9. The zero-order valence-corrected chi connectivity index (χ0v) is 11.0. The van der Waals surface area contributed by atoms with Gasteiger partial charge in [-0.2, -0.15) is 0 Å². The van der Waals surface area contributed by atoms with Crippen LogP contribution in [0.15, 0.2) is 0 Å². The van der Waals surface area contributed by atoms with Crippen LogP contribution >= 0.6 is 11.8 Å². The van der Waals surface area contributed by atoms with Crippen LogP contribution in [0, 0.1) is 0 Å². The molecule has 1 heterocycles. The minimum absolute atomic E-state index is 0.0827. The summed E-state index contributed by atoms with van der Waals surface area (Å²) in [4.78, 5) is 33.0. The summed E-state index contributed by atoms with van der Waals surface area (Å²) >= 11 is 1.20. The van der Waals surface area contributed by atoms with Crippen LogP contribution in [0.25, 0.3) is 0 Å². The average Bonchev–Trinajstić information content (AvgIpc) is 2.33. The largest absolute Gasteiger partial charge is 0.480 e. The molecule has 0 radical (unpaired) electrons. The van der Waals surface area contributed by atoms with Gasteiger partial charge in [0.15, 0.2) is 0 Å². The van der Waals surface area contributed by atoms with Crippen molar-refractivity contribution in [2.45, 2.75) is 31.6 Å². The Balaban J connectivity index is 0.00000121. The van der Waals surface area contributed by atoms with Crippen molar-refractivity contribution >= 4 is 29.5 Å². The Kier molecular flexibility index (Phi) is 7.36. The van der Waals surface area contributed by atoms with Gasteiger partial charge in [0.2, 0.25) is 11.8 Å². The molecule has 1 saturated heterocycles. The highest BCUT2D eigenvalue weighted by Gasteiger charge is 2.33. The van der Waals surface area contributed by atoms with E-state index in [0.717, 1.165) is 0 Å². The van der Waals surface area contributed by atoms with Crippen molar-refractivity contribution in [1.29, 1.82) is 0 Å². The summed E-state index contributed by atoms with van der Waals surface area (Å²) in [6, 6.07) is -0.844. The summed E-state index contributed by atoms with van der Waals surface area (Å²) in [5, 5.41) is 13.0. The molecule has 2 atom stereocenters. The van der Waals surface area contributed by atoms with E-state index in [2.05, 4.69) is 10.6 Å². The Morgan fingerprint density at radius 1 is 1.53 bits per heavy atom. The minimum atomic E-state index is -1.05. The van der Waals surface area contributed by atoms with Crippen molar-refractivity contribution in [2.75, 3.05) is 12.8 Å². The maximum atomic E-state index is 11.4. The van der Waals surface area contributed by atoms with Crippen LogP contribution in [0.2, 0.25) is 0 Å². The number of carbonyl (C=O) groups is 3. The number of hydrogen-bond acceptors (Lipinski definition) is 4. The van der Waals surface area contributed by atoms with Gasteiger partial charge in [0.25, 0.3) is 0 Å². The molecule has 1 rings (SSSR count). The van der Waals surface area contributed by atoms with Crippen molar-refractivity contribution in [3.63, 3.8) is 0 Å². The number of carboxylic acids is 1. The summed E-state index contributed by atoms with van der Waals surface area (Å²) in [6.07, 6.45) is 0.0827. The zero-order valence-electron chi connectivity index (χ0n) is 10.1. The first kappa shape index (κ1) is 15.8. The van der Waals surface area contributed by atoms with Gasteiger partial charge in [-0.25, -0.2) is 4.79 Å². The number of carboxylic acid groups (broad SMARTS) is 1. The average molecular weight is 262 g/mol. The van der Waals surface area contributed by atoms with Crippen molar-refractivity contribution in [3.05, 3.63) is 0 Å². The quantitative estimate of drug-likeness (QED) is 0.656. The fourth-order valence-electron chi connectivity index (χ4n) is 1.15. The molecular weight excluding hydrogens is 244 g/mol. The van der Waals surface area contributed by atoms with Gasteiger partial charge < -0.3 is 15.7 Å². The van der Waals surface area contributed by atoms with E-state index >= 15 is 0 Å². The van der Waals surface area contributed by atoms with Gasteiger partial charge in [-0.05, 0) is 0 Å². The molecule has 0 aromatic rings. The van der Waals surface area contributed by atoms with E-state index in [0.29, 0.717) is 5.75 Å². The van der Waals surface area contributed by atoms with Gasteiger partial charge in [0.1, 0.15) is 6.04 Å². The molecule has 6 nitrogen and oxygen atoms in total. The van der Waals surface area contributed by atoms with Crippen LogP contribution in [-0.2, 0) is 14.4 Å². The standard InChI is InChI=1S/C8H12N2O4S.C2H6/c1-9-6(11)2-5-7(12)10-4(3-15-5)8(13)14;1-2/h4-5H,2-3H2,1H3,(H,9,11)(H,10,12)(H,13,14);1-2H3. The Bertz CT molecular complexity index is 296. The molecule has 2 unspecified atom stereocenters. The molecule has 0 aliphatic carbocycles. The van der Waals surface area contributed by atoms with Crippen molar-refractivity contribution in [1.82, 2.24) is 10.6 Å². The highest BCUT2D eigenvalue weighted by molar-refractivity contribution is 8.00. The second-order valence-electron chi connectivity index (χ2n) is 3.10. The van der Waals surface area contributed by atoms with Gasteiger partial charge in [0, 0.05) is 19.2 Å². The molecule has 0 spiro atoms. The number of rotatable bonds is 3. The van der Waals surface area contributed by atoms with Gasteiger partial charge in [-0.3, -0.25) is 9.59 Å². The molecule has 0 aromatic carbocycles. The lowest BCUT2D eigenvalue weighted by molar-refractivity contribution is -0.141. The molecule has 98 valence electrons. The summed E-state index contributed by atoms with van der Waals surface area (Å²) < 4.78 is 0. The molecule has 0 saturated carbocycles. The topological polar surface area (TPSA) is 95.5 Å². The van der Waals surface area contributed by atoms with E-state index in [1.165, 1.54) is 18.8 Å².